The van der Waals surface area contributed by atoms with Crippen molar-refractivity contribution in [2.24, 2.45) is 0 Å². The molecule has 3 aromatic heterocycles. The van der Waals surface area contributed by atoms with Crippen molar-refractivity contribution in [3.05, 3.63) is 212 Å². The maximum atomic E-state index is 2.42. The minimum atomic E-state index is 1.16. The normalized spacial score (nSPS) is 11.9. The molecule has 0 saturated carbocycles. The second-order valence-corrected chi connectivity index (χ2v) is 15.5. The van der Waals surface area contributed by atoms with Crippen LogP contribution in [0, 0.1) is 6.92 Å². The van der Waals surface area contributed by atoms with Crippen LogP contribution >= 0.6 is 0 Å². The summed E-state index contributed by atoms with van der Waals surface area (Å²) in [6, 6.07) is 75.7. The van der Waals surface area contributed by atoms with E-state index in [0.717, 1.165) is 5.69 Å². The summed E-state index contributed by atoms with van der Waals surface area (Å²) < 4.78 is 7.18. The Bertz CT molecular complexity index is 3330. The van der Waals surface area contributed by atoms with Crippen molar-refractivity contribution in [1.29, 1.82) is 0 Å². The number of rotatable bonds is 5. The van der Waals surface area contributed by atoms with E-state index in [1.165, 1.54) is 105 Å². The molecule has 0 N–H and O–H groups in total. The molecule has 3 heterocycles. The fourth-order valence-corrected chi connectivity index (χ4v) is 9.37. The fourth-order valence-electron chi connectivity index (χ4n) is 9.37. The van der Waals surface area contributed by atoms with E-state index in [9.17, 15) is 0 Å². The van der Waals surface area contributed by atoms with Gasteiger partial charge in [0.2, 0.25) is 0 Å². The number of benzene rings is 9. The molecule has 0 bridgehead atoms. The van der Waals surface area contributed by atoms with Gasteiger partial charge in [0.1, 0.15) is 0 Å². The highest BCUT2D eigenvalue weighted by molar-refractivity contribution is 6.14. The Hall–Kier alpha value is -7.62. The van der Waals surface area contributed by atoms with Gasteiger partial charge in [-0.1, -0.05) is 115 Å². The monoisotopic (exact) mass is 739 g/mol. The Kier molecular flexibility index (Phi) is 7.14. The van der Waals surface area contributed by atoms with Crippen LogP contribution in [0.5, 0.6) is 0 Å². The third-order valence-electron chi connectivity index (χ3n) is 12.1. The van der Waals surface area contributed by atoms with E-state index in [0.29, 0.717) is 0 Å². The van der Waals surface area contributed by atoms with Crippen molar-refractivity contribution in [1.82, 2.24) is 13.7 Å². The molecule has 12 aromatic rings. The van der Waals surface area contributed by atoms with E-state index in [-0.39, 0.29) is 0 Å². The highest BCUT2D eigenvalue weighted by atomic mass is 15.0. The van der Waals surface area contributed by atoms with Gasteiger partial charge in [0.25, 0.3) is 0 Å². The summed E-state index contributed by atoms with van der Waals surface area (Å²) in [4.78, 5) is 0. The maximum absolute atomic E-state index is 2.42. The van der Waals surface area contributed by atoms with Gasteiger partial charge in [-0.3, -0.25) is 0 Å². The van der Waals surface area contributed by atoms with Crippen molar-refractivity contribution in [2.75, 3.05) is 0 Å². The standard InChI is InChI=1S/C55H37N3/c1-36-20-26-43(27-21-36)58-54-30-24-39(37-22-28-52-46(32-37)44-16-8-10-18-50(44)56(52)41-12-4-2-5-13-41)34-48(54)49-35-40(25-31-55(49)58)38-23-29-53-47(33-38)45-17-9-11-19-51(45)57(53)42-14-6-3-7-15-42/h2-35H,1H3. The Labute approximate surface area is 335 Å². The Morgan fingerprint density at radius 3 is 0.914 bits per heavy atom. The summed E-state index contributed by atoms with van der Waals surface area (Å²) in [6.45, 7) is 2.15. The van der Waals surface area contributed by atoms with Crippen LogP contribution in [0.3, 0.4) is 0 Å². The van der Waals surface area contributed by atoms with Gasteiger partial charge in [-0.2, -0.15) is 0 Å². The minimum Gasteiger partial charge on any atom is -0.309 e. The first kappa shape index (κ1) is 32.6. The molecule has 0 aliphatic heterocycles. The molecule has 0 aliphatic carbocycles. The lowest BCUT2D eigenvalue weighted by atomic mass is 9.98. The van der Waals surface area contributed by atoms with Gasteiger partial charge < -0.3 is 13.7 Å². The van der Waals surface area contributed by atoms with Gasteiger partial charge in [0.05, 0.1) is 33.1 Å². The van der Waals surface area contributed by atoms with Crippen molar-refractivity contribution in [3.63, 3.8) is 0 Å². The second kappa shape index (κ2) is 12.7. The highest BCUT2D eigenvalue weighted by Gasteiger charge is 2.18. The largest absolute Gasteiger partial charge is 0.309 e. The Morgan fingerprint density at radius 1 is 0.241 bits per heavy atom. The van der Waals surface area contributed by atoms with Crippen LogP contribution in [0.25, 0.3) is 105 Å². The number of aromatic nitrogens is 3. The molecule has 9 aromatic carbocycles. The summed E-state index contributed by atoms with van der Waals surface area (Å²) >= 11 is 0. The second-order valence-electron chi connectivity index (χ2n) is 15.5. The molecule has 0 fully saturated rings. The zero-order chi connectivity index (χ0) is 38.3. The zero-order valence-corrected chi connectivity index (χ0v) is 32.0. The first-order valence-corrected chi connectivity index (χ1v) is 20.0. The minimum absolute atomic E-state index is 1.16. The van der Waals surface area contributed by atoms with Gasteiger partial charge in [-0.05, 0) is 126 Å². The maximum Gasteiger partial charge on any atom is 0.0541 e. The van der Waals surface area contributed by atoms with Crippen molar-refractivity contribution in [3.8, 4) is 39.3 Å². The number of nitrogens with zero attached hydrogens (tertiary/aromatic N) is 3. The number of fused-ring (bicyclic) bond motifs is 9. The summed E-state index contributed by atoms with van der Waals surface area (Å²) in [5.41, 5.74) is 16.8. The van der Waals surface area contributed by atoms with Crippen LogP contribution in [0.15, 0.2) is 206 Å². The Morgan fingerprint density at radius 2 is 0.534 bits per heavy atom. The lowest BCUT2D eigenvalue weighted by Gasteiger charge is -2.10. The molecule has 272 valence electrons. The van der Waals surface area contributed by atoms with E-state index in [1.807, 2.05) is 0 Å². The van der Waals surface area contributed by atoms with Gasteiger partial charge in [0, 0.05) is 49.4 Å². The molecule has 0 saturated heterocycles. The predicted octanol–water partition coefficient (Wildman–Crippen LogP) is 14.6. The topological polar surface area (TPSA) is 14.8 Å². The van der Waals surface area contributed by atoms with E-state index >= 15 is 0 Å². The number of hydrogen-bond acceptors (Lipinski definition) is 0. The summed E-state index contributed by atoms with van der Waals surface area (Å²) in [7, 11) is 0. The van der Waals surface area contributed by atoms with E-state index in [1.54, 1.807) is 0 Å². The van der Waals surface area contributed by atoms with E-state index in [2.05, 4.69) is 227 Å². The van der Waals surface area contributed by atoms with Crippen LogP contribution in [0.1, 0.15) is 5.56 Å². The van der Waals surface area contributed by atoms with E-state index < -0.39 is 0 Å². The van der Waals surface area contributed by atoms with Crippen molar-refractivity contribution >= 4 is 65.4 Å². The van der Waals surface area contributed by atoms with Crippen LogP contribution in [-0.2, 0) is 0 Å². The average Bonchev–Trinajstić information content (AvgIpc) is 3.92. The van der Waals surface area contributed by atoms with Crippen molar-refractivity contribution < 1.29 is 0 Å². The number of aryl methyl sites for hydroxylation is 1. The van der Waals surface area contributed by atoms with Crippen LogP contribution in [0.4, 0.5) is 0 Å². The smallest absolute Gasteiger partial charge is 0.0541 e. The molecule has 12 rings (SSSR count). The molecule has 0 atom stereocenters. The predicted molar refractivity (Wildman–Crippen MR) is 245 cm³/mol. The van der Waals surface area contributed by atoms with Gasteiger partial charge in [-0.25, -0.2) is 0 Å². The van der Waals surface area contributed by atoms with Gasteiger partial charge >= 0.3 is 0 Å². The van der Waals surface area contributed by atoms with Crippen LogP contribution < -0.4 is 0 Å². The molecule has 3 heteroatoms. The molecular formula is C55H37N3. The summed E-state index contributed by atoms with van der Waals surface area (Å²) in [6.07, 6.45) is 0. The van der Waals surface area contributed by atoms with E-state index in [4.69, 9.17) is 0 Å². The third kappa shape index (κ3) is 4.93. The molecule has 0 unspecified atom stereocenters. The third-order valence-corrected chi connectivity index (χ3v) is 12.1. The first-order chi connectivity index (χ1) is 28.7. The highest BCUT2D eigenvalue weighted by Crippen LogP contribution is 2.41. The van der Waals surface area contributed by atoms with Crippen LogP contribution in [-0.4, -0.2) is 13.7 Å². The molecule has 0 amide bonds. The summed E-state index contributed by atoms with van der Waals surface area (Å²) in [5.74, 6) is 0. The lowest BCUT2D eigenvalue weighted by molar-refractivity contribution is 1.17. The SMILES string of the molecule is Cc1ccc(-n2c3ccc(-c4ccc5c(c4)c4ccccc4n5-c4ccccc4)cc3c3cc(-c4ccc5c(c4)c4ccccc4n5-c4ccccc4)ccc32)cc1. The molecule has 0 spiro atoms. The van der Waals surface area contributed by atoms with Gasteiger partial charge in [0.15, 0.2) is 0 Å². The molecule has 58 heavy (non-hydrogen) atoms. The fraction of sp³-hybridized carbons (Fsp3) is 0.0182. The van der Waals surface area contributed by atoms with Gasteiger partial charge in [-0.15, -0.1) is 0 Å². The zero-order valence-electron chi connectivity index (χ0n) is 32.0. The Balaban J connectivity index is 1.05. The van der Waals surface area contributed by atoms with Crippen LogP contribution in [0.2, 0.25) is 0 Å². The molecule has 3 nitrogen and oxygen atoms in total. The number of hydrogen-bond donors (Lipinski definition) is 0. The average molecular weight is 740 g/mol. The molecule has 0 aliphatic rings. The molecule has 0 radical (unpaired) electrons. The number of para-hydroxylation sites is 4. The molecular weight excluding hydrogens is 703 g/mol. The van der Waals surface area contributed by atoms with Crippen molar-refractivity contribution in [2.45, 2.75) is 6.92 Å². The lowest BCUT2D eigenvalue weighted by Crippen LogP contribution is -1.94. The first-order valence-electron chi connectivity index (χ1n) is 20.0. The quantitative estimate of drug-likeness (QED) is 0.167. The summed E-state index contributed by atoms with van der Waals surface area (Å²) in [5, 5.41) is 7.50.